The van der Waals surface area contributed by atoms with Gasteiger partial charge in [0.2, 0.25) is 11.8 Å². The Morgan fingerprint density at radius 3 is 2.25 bits per heavy atom. The Labute approximate surface area is 119 Å². The zero-order chi connectivity index (χ0) is 15.3. The summed E-state index contributed by atoms with van der Waals surface area (Å²) in [4.78, 5) is 37.9. The van der Waals surface area contributed by atoms with Crippen LogP contribution in [0.2, 0.25) is 0 Å². The highest BCUT2D eigenvalue weighted by Gasteiger charge is 2.30. The van der Waals surface area contributed by atoms with Crippen molar-refractivity contribution >= 4 is 17.8 Å². The first kappa shape index (κ1) is 16.5. The summed E-state index contributed by atoms with van der Waals surface area (Å²) in [7, 11) is 0. The molecule has 1 N–H and O–H groups in total. The van der Waals surface area contributed by atoms with Crippen molar-refractivity contribution in [2.45, 2.75) is 33.6 Å². The molecule has 0 bridgehead atoms. The third-order valence-corrected chi connectivity index (χ3v) is 3.90. The van der Waals surface area contributed by atoms with Crippen LogP contribution in [0.15, 0.2) is 0 Å². The van der Waals surface area contributed by atoms with Gasteiger partial charge in [-0.15, -0.1) is 0 Å². The second kappa shape index (κ2) is 7.26. The maximum Gasteiger partial charge on any atom is 0.308 e. The molecule has 2 amide bonds. The van der Waals surface area contributed by atoms with Crippen LogP contribution in [0.1, 0.15) is 33.6 Å². The van der Waals surface area contributed by atoms with Gasteiger partial charge in [0.1, 0.15) is 0 Å². The number of piperidine rings is 1. The van der Waals surface area contributed by atoms with Crippen molar-refractivity contribution in [1.29, 1.82) is 0 Å². The van der Waals surface area contributed by atoms with Gasteiger partial charge >= 0.3 is 5.97 Å². The summed E-state index contributed by atoms with van der Waals surface area (Å²) < 4.78 is 0. The lowest BCUT2D eigenvalue weighted by Gasteiger charge is -2.34. The van der Waals surface area contributed by atoms with Crippen LogP contribution in [0.3, 0.4) is 0 Å². The fourth-order valence-electron chi connectivity index (χ4n) is 2.48. The lowest BCUT2D eigenvalue weighted by Crippen LogP contribution is -2.45. The van der Waals surface area contributed by atoms with Gasteiger partial charge in [-0.1, -0.05) is 6.92 Å². The highest BCUT2D eigenvalue weighted by molar-refractivity contribution is 5.80. The van der Waals surface area contributed by atoms with Crippen molar-refractivity contribution in [2.24, 2.45) is 11.8 Å². The quantitative estimate of drug-likeness (QED) is 0.810. The molecule has 6 nitrogen and oxygen atoms in total. The molecule has 0 aromatic carbocycles. The molecule has 0 aromatic rings. The molecule has 1 unspecified atom stereocenters. The van der Waals surface area contributed by atoms with Crippen LogP contribution in [-0.2, 0) is 14.4 Å². The first-order chi connectivity index (χ1) is 9.36. The Hall–Kier alpha value is -1.59. The van der Waals surface area contributed by atoms with Crippen LogP contribution in [0.5, 0.6) is 0 Å². The van der Waals surface area contributed by atoms with E-state index < -0.39 is 11.9 Å². The summed E-state index contributed by atoms with van der Waals surface area (Å²) in [5.41, 5.74) is 0. The second-order valence-corrected chi connectivity index (χ2v) is 5.40. The molecular weight excluding hydrogens is 260 g/mol. The van der Waals surface area contributed by atoms with Crippen molar-refractivity contribution in [2.75, 3.05) is 26.2 Å². The van der Waals surface area contributed by atoms with Crippen molar-refractivity contribution < 1.29 is 19.5 Å². The minimum absolute atomic E-state index is 0.0174. The standard InChI is InChI=1S/C14H24N2O4/c1-4-15(9-10(2)14(19)20)13(18)12-5-7-16(8-6-12)11(3)17/h10,12H,4-9H2,1-3H3,(H,19,20). The van der Waals surface area contributed by atoms with Crippen molar-refractivity contribution in [3.05, 3.63) is 0 Å². The van der Waals surface area contributed by atoms with E-state index in [0.717, 1.165) is 0 Å². The molecule has 1 heterocycles. The van der Waals surface area contributed by atoms with Gasteiger partial charge in [-0.25, -0.2) is 0 Å². The monoisotopic (exact) mass is 284 g/mol. The highest BCUT2D eigenvalue weighted by atomic mass is 16.4. The van der Waals surface area contributed by atoms with E-state index in [0.29, 0.717) is 32.5 Å². The summed E-state index contributed by atoms with van der Waals surface area (Å²) >= 11 is 0. The van der Waals surface area contributed by atoms with Gasteiger partial charge in [0.15, 0.2) is 0 Å². The normalized spacial score (nSPS) is 17.6. The predicted molar refractivity (Wildman–Crippen MR) is 74.0 cm³/mol. The third kappa shape index (κ3) is 4.21. The van der Waals surface area contributed by atoms with E-state index in [4.69, 9.17) is 5.11 Å². The fraction of sp³-hybridized carbons (Fsp3) is 0.786. The van der Waals surface area contributed by atoms with E-state index in [-0.39, 0.29) is 24.3 Å². The average Bonchev–Trinajstić information content (AvgIpc) is 2.43. The third-order valence-electron chi connectivity index (χ3n) is 3.90. The number of nitrogens with zero attached hydrogens (tertiary/aromatic N) is 2. The van der Waals surface area contributed by atoms with Crippen molar-refractivity contribution in [3.8, 4) is 0 Å². The lowest BCUT2D eigenvalue weighted by atomic mass is 9.94. The summed E-state index contributed by atoms with van der Waals surface area (Å²) in [6, 6.07) is 0. The minimum atomic E-state index is -0.886. The molecule has 1 fully saturated rings. The SMILES string of the molecule is CCN(CC(C)C(=O)O)C(=O)C1CCN(C(C)=O)CC1. The van der Waals surface area contributed by atoms with E-state index in [1.807, 2.05) is 6.92 Å². The van der Waals surface area contributed by atoms with Crippen LogP contribution >= 0.6 is 0 Å². The fourth-order valence-corrected chi connectivity index (χ4v) is 2.48. The number of hydrogen-bond donors (Lipinski definition) is 1. The number of rotatable bonds is 5. The predicted octanol–water partition coefficient (Wildman–Crippen LogP) is 0.814. The van der Waals surface area contributed by atoms with Gasteiger partial charge in [0.25, 0.3) is 0 Å². The Morgan fingerprint density at radius 2 is 1.85 bits per heavy atom. The van der Waals surface area contributed by atoms with Crippen LogP contribution in [-0.4, -0.2) is 58.9 Å². The number of amides is 2. The number of carbonyl (C=O) groups is 3. The molecule has 1 aliphatic heterocycles. The number of carboxylic acids is 1. The number of carbonyl (C=O) groups excluding carboxylic acids is 2. The molecule has 0 saturated carbocycles. The first-order valence-corrected chi connectivity index (χ1v) is 7.13. The Morgan fingerprint density at radius 1 is 1.30 bits per heavy atom. The molecule has 1 atom stereocenters. The van der Waals surface area contributed by atoms with Gasteiger partial charge < -0.3 is 14.9 Å². The Bertz CT molecular complexity index is 375. The molecule has 1 saturated heterocycles. The van der Waals surface area contributed by atoms with E-state index in [1.165, 1.54) is 6.92 Å². The minimum Gasteiger partial charge on any atom is -0.481 e. The molecule has 20 heavy (non-hydrogen) atoms. The smallest absolute Gasteiger partial charge is 0.308 e. The number of likely N-dealkylation sites (tertiary alicyclic amines) is 1. The number of hydrogen-bond acceptors (Lipinski definition) is 3. The Kier molecular flexibility index (Phi) is 5.98. The van der Waals surface area contributed by atoms with E-state index in [9.17, 15) is 14.4 Å². The van der Waals surface area contributed by atoms with Crippen LogP contribution in [0.25, 0.3) is 0 Å². The average molecular weight is 284 g/mol. The number of carboxylic acid groups (broad SMARTS) is 1. The van der Waals surface area contributed by atoms with Crippen molar-refractivity contribution in [1.82, 2.24) is 9.80 Å². The number of aliphatic carboxylic acids is 1. The van der Waals surface area contributed by atoms with Crippen LogP contribution in [0.4, 0.5) is 0 Å². The maximum absolute atomic E-state index is 12.4. The maximum atomic E-state index is 12.4. The molecule has 0 radical (unpaired) electrons. The summed E-state index contributed by atoms with van der Waals surface area (Å²) in [6.45, 7) is 6.99. The molecule has 0 aliphatic carbocycles. The molecule has 0 aromatic heterocycles. The summed E-state index contributed by atoms with van der Waals surface area (Å²) in [5, 5.41) is 8.93. The summed E-state index contributed by atoms with van der Waals surface area (Å²) in [6.07, 6.45) is 1.33. The molecule has 1 aliphatic rings. The largest absolute Gasteiger partial charge is 0.481 e. The summed E-state index contributed by atoms with van der Waals surface area (Å²) in [5.74, 6) is -1.48. The molecular formula is C14H24N2O4. The van der Waals surface area contributed by atoms with E-state index in [2.05, 4.69) is 0 Å². The molecule has 0 spiro atoms. The van der Waals surface area contributed by atoms with Crippen LogP contribution < -0.4 is 0 Å². The second-order valence-electron chi connectivity index (χ2n) is 5.40. The molecule has 1 rings (SSSR count). The van der Waals surface area contributed by atoms with E-state index in [1.54, 1.807) is 16.7 Å². The Balaban J connectivity index is 2.55. The van der Waals surface area contributed by atoms with Crippen molar-refractivity contribution in [3.63, 3.8) is 0 Å². The molecule has 6 heteroatoms. The van der Waals surface area contributed by atoms with Gasteiger partial charge in [-0.2, -0.15) is 0 Å². The van der Waals surface area contributed by atoms with Gasteiger partial charge in [-0.3, -0.25) is 14.4 Å². The van der Waals surface area contributed by atoms with Crippen LogP contribution in [0, 0.1) is 11.8 Å². The van der Waals surface area contributed by atoms with Gasteiger partial charge in [0, 0.05) is 39.0 Å². The first-order valence-electron chi connectivity index (χ1n) is 7.13. The van der Waals surface area contributed by atoms with Gasteiger partial charge in [0.05, 0.1) is 5.92 Å². The lowest BCUT2D eigenvalue weighted by molar-refractivity contribution is -0.145. The topological polar surface area (TPSA) is 77.9 Å². The van der Waals surface area contributed by atoms with E-state index >= 15 is 0 Å². The zero-order valence-corrected chi connectivity index (χ0v) is 12.5. The molecule has 114 valence electrons. The zero-order valence-electron chi connectivity index (χ0n) is 12.5. The highest BCUT2D eigenvalue weighted by Crippen LogP contribution is 2.20. The van der Waals surface area contributed by atoms with Gasteiger partial charge in [-0.05, 0) is 19.8 Å².